The fourth-order valence-electron chi connectivity index (χ4n) is 2.48. The lowest BCUT2D eigenvalue weighted by atomic mass is 10.2. The maximum atomic E-state index is 12.2. The largest absolute Gasteiger partial charge is 0.497 e. The van der Waals surface area contributed by atoms with Crippen molar-refractivity contribution in [1.29, 1.82) is 0 Å². The van der Waals surface area contributed by atoms with Crippen molar-refractivity contribution in [2.75, 3.05) is 52.7 Å². The van der Waals surface area contributed by atoms with Crippen molar-refractivity contribution < 1.29 is 22.7 Å². The van der Waals surface area contributed by atoms with Crippen LogP contribution in [0.1, 0.15) is 30.6 Å². The Morgan fingerprint density at radius 1 is 1.04 bits per heavy atom. The molecule has 1 aromatic carbocycles. The molecule has 0 fully saturated rings. The van der Waals surface area contributed by atoms with Crippen molar-refractivity contribution in [3.8, 4) is 11.5 Å². The third-order valence-corrected chi connectivity index (χ3v) is 5.52. The third-order valence-electron chi connectivity index (χ3n) is 4.14. The number of rotatable bonds is 13. The van der Waals surface area contributed by atoms with Crippen LogP contribution < -0.4 is 19.5 Å². The summed E-state index contributed by atoms with van der Waals surface area (Å²) in [5.74, 6) is 0.415. The Morgan fingerprint density at radius 3 is 2.15 bits per heavy atom. The van der Waals surface area contributed by atoms with Gasteiger partial charge in [0.05, 0.1) is 20.0 Å². The van der Waals surface area contributed by atoms with Gasteiger partial charge in [0, 0.05) is 24.7 Å². The van der Waals surface area contributed by atoms with Gasteiger partial charge in [0.25, 0.3) is 5.91 Å². The van der Waals surface area contributed by atoms with Gasteiger partial charge < -0.3 is 19.7 Å². The molecule has 154 valence electrons. The summed E-state index contributed by atoms with van der Waals surface area (Å²) < 4.78 is 36.9. The fourth-order valence-corrected chi connectivity index (χ4v) is 3.45. The van der Waals surface area contributed by atoms with Gasteiger partial charge in [-0.1, -0.05) is 13.8 Å². The molecule has 0 saturated carbocycles. The number of methoxy groups -OCH3 is 2. The lowest BCUT2D eigenvalue weighted by Gasteiger charge is -2.17. The van der Waals surface area contributed by atoms with Gasteiger partial charge in [0.1, 0.15) is 11.5 Å². The summed E-state index contributed by atoms with van der Waals surface area (Å²) in [6, 6.07) is 4.79. The number of nitrogens with one attached hydrogen (secondary N) is 2. The minimum absolute atomic E-state index is 0.0176. The first-order chi connectivity index (χ1) is 12.8. The van der Waals surface area contributed by atoms with Gasteiger partial charge in [-0.25, -0.2) is 13.1 Å². The first-order valence-corrected chi connectivity index (χ1v) is 10.7. The van der Waals surface area contributed by atoms with E-state index in [1.807, 2.05) is 0 Å². The van der Waals surface area contributed by atoms with Crippen LogP contribution >= 0.6 is 0 Å². The summed E-state index contributed by atoms with van der Waals surface area (Å²) in [6.07, 6.45) is 0.747. The second-order valence-electron chi connectivity index (χ2n) is 5.95. The Hall–Kier alpha value is -1.84. The quantitative estimate of drug-likeness (QED) is 0.480. The number of hydrogen-bond donors (Lipinski definition) is 2. The lowest BCUT2D eigenvalue weighted by Crippen LogP contribution is -2.35. The van der Waals surface area contributed by atoms with E-state index in [-0.39, 0.29) is 18.2 Å². The molecular formula is C18H31N3O5S. The van der Waals surface area contributed by atoms with E-state index in [0.29, 0.717) is 23.6 Å². The van der Waals surface area contributed by atoms with Gasteiger partial charge in [0.2, 0.25) is 10.0 Å². The molecule has 0 radical (unpaired) electrons. The van der Waals surface area contributed by atoms with Crippen molar-refractivity contribution in [3.05, 3.63) is 23.8 Å². The van der Waals surface area contributed by atoms with Crippen molar-refractivity contribution in [2.45, 2.75) is 20.3 Å². The number of hydrogen-bond acceptors (Lipinski definition) is 6. The molecule has 0 spiro atoms. The highest BCUT2D eigenvalue weighted by Gasteiger charge is 2.13. The summed E-state index contributed by atoms with van der Waals surface area (Å²) in [5.41, 5.74) is 0.343. The minimum Gasteiger partial charge on any atom is -0.497 e. The molecule has 8 nitrogen and oxygen atoms in total. The van der Waals surface area contributed by atoms with Gasteiger partial charge in [-0.2, -0.15) is 0 Å². The molecule has 0 saturated heterocycles. The van der Waals surface area contributed by atoms with Gasteiger partial charge in [-0.15, -0.1) is 0 Å². The first kappa shape index (κ1) is 23.2. The molecule has 1 amide bonds. The average Bonchev–Trinajstić information content (AvgIpc) is 2.67. The van der Waals surface area contributed by atoms with Crippen molar-refractivity contribution in [2.24, 2.45) is 0 Å². The van der Waals surface area contributed by atoms with E-state index < -0.39 is 10.0 Å². The third kappa shape index (κ3) is 8.59. The summed E-state index contributed by atoms with van der Waals surface area (Å²) in [6.45, 7) is 7.31. The van der Waals surface area contributed by atoms with Crippen LogP contribution in [0.15, 0.2) is 18.2 Å². The number of sulfonamides is 1. The molecule has 0 aliphatic rings. The molecule has 0 heterocycles. The number of benzene rings is 1. The fraction of sp³-hybridized carbons (Fsp3) is 0.611. The maximum absolute atomic E-state index is 12.2. The van der Waals surface area contributed by atoms with E-state index in [9.17, 15) is 13.2 Å². The molecule has 0 atom stereocenters. The molecule has 0 unspecified atom stereocenters. The zero-order chi connectivity index (χ0) is 20.3. The zero-order valence-electron chi connectivity index (χ0n) is 16.6. The Morgan fingerprint density at radius 2 is 1.63 bits per heavy atom. The number of nitrogens with zero attached hydrogens (tertiary/aromatic N) is 1. The molecule has 0 bridgehead atoms. The summed E-state index contributed by atoms with van der Waals surface area (Å²) in [5, 5.41) is 2.61. The second kappa shape index (κ2) is 11.8. The highest BCUT2D eigenvalue weighted by atomic mass is 32.2. The predicted octanol–water partition coefficient (Wildman–Crippen LogP) is 1.08. The summed E-state index contributed by atoms with van der Waals surface area (Å²) in [4.78, 5) is 14.5. The van der Waals surface area contributed by atoms with Gasteiger partial charge in [-0.05, 0) is 38.2 Å². The van der Waals surface area contributed by atoms with Crippen molar-refractivity contribution in [3.63, 3.8) is 0 Å². The monoisotopic (exact) mass is 401 g/mol. The maximum Gasteiger partial charge on any atom is 0.251 e. The van der Waals surface area contributed by atoms with Gasteiger partial charge >= 0.3 is 0 Å². The average molecular weight is 402 g/mol. The number of carbonyl (C=O) groups is 1. The molecule has 0 aliphatic carbocycles. The highest BCUT2D eigenvalue weighted by Crippen LogP contribution is 2.22. The molecule has 27 heavy (non-hydrogen) atoms. The summed E-state index contributed by atoms with van der Waals surface area (Å²) in [7, 11) is -0.439. The van der Waals surface area contributed by atoms with Crippen LogP contribution in [-0.2, 0) is 10.0 Å². The van der Waals surface area contributed by atoms with Crippen molar-refractivity contribution >= 4 is 15.9 Å². The van der Waals surface area contributed by atoms with E-state index in [0.717, 1.165) is 26.1 Å². The van der Waals surface area contributed by atoms with Crippen LogP contribution in [0, 0.1) is 0 Å². The van der Waals surface area contributed by atoms with Gasteiger partial charge in [0.15, 0.2) is 0 Å². The number of amides is 1. The smallest absolute Gasteiger partial charge is 0.251 e. The predicted molar refractivity (Wildman–Crippen MR) is 106 cm³/mol. The zero-order valence-corrected chi connectivity index (χ0v) is 17.4. The Bertz CT molecular complexity index is 668. The minimum atomic E-state index is -3.43. The molecule has 1 rings (SSSR count). The molecule has 9 heteroatoms. The second-order valence-corrected chi connectivity index (χ2v) is 7.88. The Labute approximate surface area is 162 Å². The number of ether oxygens (including phenoxy) is 2. The standard InChI is InChI=1S/C18H31N3O5S/c1-5-21(6-2)10-7-8-20-27(23,24)11-9-19-18(22)15-12-16(25-3)14-17(13-15)26-4/h12-14,20H,5-11H2,1-4H3,(H,19,22). The van der Waals surface area contributed by atoms with Crippen LogP contribution in [0.5, 0.6) is 11.5 Å². The van der Waals surface area contributed by atoms with Crippen LogP contribution in [-0.4, -0.2) is 71.9 Å². The molecular weight excluding hydrogens is 370 g/mol. The topological polar surface area (TPSA) is 97.0 Å². The Balaban J connectivity index is 2.44. The van der Waals surface area contributed by atoms with Crippen molar-refractivity contribution in [1.82, 2.24) is 14.9 Å². The highest BCUT2D eigenvalue weighted by molar-refractivity contribution is 7.89. The van der Waals surface area contributed by atoms with E-state index in [1.54, 1.807) is 18.2 Å². The van der Waals surface area contributed by atoms with E-state index >= 15 is 0 Å². The van der Waals surface area contributed by atoms with Crippen LogP contribution in [0.4, 0.5) is 0 Å². The van der Waals surface area contributed by atoms with Crippen LogP contribution in [0.2, 0.25) is 0 Å². The van der Waals surface area contributed by atoms with E-state index in [1.165, 1.54) is 14.2 Å². The molecule has 0 aliphatic heterocycles. The lowest BCUT2D eigenvalue weighted by molar-refractivity contribution is 0.0955. The van der Waals surface area contributed by atoms with E-state index in [2.05, 4.69) is 28.8 Å². The molecule has 2 N–H and O–H groups in total. The molecule has 0 aromatic heterocycles. The normalized spacial score (nSPS) is 11.4. The van der Waals surface area contributed by atoms with Crippen LogP contribution in [0.25, 0.3) is 0 Å². The van der Waals surface area contributed by atoms with Gasteiger partial charge in [-0.3, -0.25) is 4.79 Å². The number of carbonyl (C=O) groups excluding carboxylic acids is 1. The first-order valence-electron chi connectivity index (χ1n) is 9.06. The SMILES string of the molecule is CCN(CC)CCCNS(=O)(=O)CCNC(=O)c1cc(OC)cc(OC)c1. The van der Waals surface area contributed by atoms with E-state index in [4.69, 9.17) is 9.47 Å². The Kier molecular flexibility index (Phi) is 10.1. The van der Waals surface area contributed by atoms with Crippen LogP contribution in [0.3, 0.4) is 0 Å². The molecule has 1 aromatic rings. The summed E-state index contributed by atoms with van der Waals surface area (Å²) >= 11 is 0.